The van der Waals surface area contributed by atoms with Crippen molar-refractivity contribution in [2.75, 3.05) is 11.1 Å². The number of rotatable bonds is 4. The molecule has 0 aliphatic carbocycles. The summed E-state index contributed by atoms with van der Waals surface area (Å²) in [7, 11) is 1.75. The van der Waals surface area contributed by atoms with Crippen molar-refractivity contribution >= 4 is 29.2 Å². The number of nitro benzene ring substituents is 1. The number of aromatic nitrogens is 2. The van der Waals surface area contributed by atoms with Gasteiger partial charge in [0.2, 0.25) is 5.91 Å². The van der Waals surface area contributed by atoms with Gasteiger partial charge in [-0.05, 0) is 11.3 Å². The minimum atomic E-state index is -0.486. The minimum Gasteiger partial charge on any atom is -0.312 e. The van der Waals surface area contributed by atoms with E-state index in [1.54, 1.807) is 23.7 Å². The molecule has 1 N–H and O–H groups in total. The third kappa shape index (κ3) is 3.14. The number of nitrogens with zero attached hydrogens (tertiary/aromatic N) is 3. The molecular formula is C16H16N4O4S. The summed E-state index contributed by atoms with van der Waals surface area (Å²) in [6.45, 7) is 1.95. The van der Waals surface area contributed by atoms with Crippen molar-refractivity contribution in [2.45, 2.75) is 24.4 Å². The molecule has 1 unspecified atom stereocenters. The van der Waals surface area contributed by atoms with Gasteiger partial charge in [0, 0.05) is 31.5 Å². The predicted octanol–water partition coefficient (Wildman–Crippen LogP) is 2.27. The highest BCUT2D eigenvalue weighted by molar-refractivity contribution is 7.99. The first-order chi connectivity index (χ1) is 11.9. The van der Waals surface area contributed by atoms with E-state index >= 15 is 0 Å². The molecule has 1 aliphatic rings. The van der Waals surface area contributed by atoms with Crippen LogP contribution in [0.4, 0.5) is 11.5 Å². The molecule has 9 heteroatoms. The summed E-state index contributed by atoms with van der Waals surface area (Å²) in [6, 6.07) is 5.92. The van der Waals surface area contributed by atoms with Crippen LogP contribution in [0.1, 0.15) is 30.4 Å². The first kappa shape index (κ1) is 17.2. The van der Waals surface area contributed by atoms with E-state index in [2.05, 4.69) is 10.3 Å². The van der Waals surface area contributed by atoms with E-state index in [4.69, 9.17) is 0 Å². The van der Waals surface area contributed by atoms with Crippen LogP contribution < -0.4 is 10.9 Å². The van der Waals surface area contributed by atoms with Crippen LogP contribution in [0.15, 0.2) is 34.2 Å². The lowest BCUT2D eigenvalue weighted by molar-refractivity contribution is -0.384. The van der Waals surface area contributed by atoms with Gasteiger partial charge < -0.3 is 9.88 Å². The molecular weight excluding hydrogens is 344 g/mol. The number of carbonyl (C=O) groups is 1. The first-order valence-electron chi connectivity index (χ1n) is 7.70. The van der Waals surface area contributed by atoms with Crippen molar-refractivity contribution in [1.82, 2.24) is 9.55 Å². The summed E-state index contributed by atoms with van der Waals surface area (Å²) in [5, 5.41) is 14.1. The maximum absolute atomic E-state index is 12.6. The quantitative estimate of drug-likeness (QED) is 0.388. The van der Waals surface area contributed by atoms with E-state index < -0.39 is 10.8 Å². The molecule has 0 radical (unpaired) electrons. The largest absolute Gasteiger partial charge is 0.312 e. The lowest BCUT2D eigenvalue weighted by Crippen LogP contribution is -2.33. The lowest BCUT2D eigenvalue weighted by Gasteiger charge is -2.27. The van der Waals surface area contributed by atoms with Crippen LogP contribution in [0.2, 0.25) is 0 Å². The molecule has 8 nitrogen and oxygen atoms in total. The molecule has 0 saturated heterocycles. The molecule has 1 aromatic carbocycles. The summed E-state index contributed by atoms with van der Waals surface area (Å²) in [6.07, 6.45) is 0.0992. The predicted molar refractivity (Wildman–Crippen MR) is 94.1 cm³/mol. The highest BCUT2D eigenvalue weighted by Crippen LogP contribution is 2.36. The van der Waals surface area contributed by atoms with E-state index in [0.717, 1.165) is 5.75 Å². The molecule has 0 bridgehead atoms. The van der Waals surface area contributed by atoms with Gasteiger partial charge in [-0.3, -0.25) is 19.7 Å². The zero-order valence-electron chi connectivity index (χ0n) is 13.7. The number of hydrogen-bond donors (Lipinski definition) is 1. The van der Waals surface area contributed by atoms with Crippen molar-refractivity contribution in [1.29, 1.82) is 0 Å². The second-order valence-corrected chi connectivity index (χ2v) is 6.84. The SMILES string of the molecule is CCSc1nc(=O)c2c(n1C)NC(=O)CC2c1ccc([N+](=O)[O-])cc1. The van der Waals surface area contributed by atoms with E-state index in [1.807, 2.05) is 6.92 Å². The molecule has 0 spiro atoms. The smallest absolute Gasteiger partial charge is 0.279 e. The third-order valence-electron chi connectivity index (χ3n) is 4.08. The van der Waals surface area contributed by atoms with Gasteiger partial charge in [-0.25, -0.2) is 0 Å². The van der Waals surface area contributed by atoms with Gasteiger partial charge in [-0.1, -0.05) is 30.8 Å². The van der Waals surface area contributed by atoms with E-state index in [0.29, 0.717) is 22.1 Å². The number of nitrogens with one attached hydrogen (secondary N) is 1. The second kappa shape index (κ2) is 6.67. The second-order valence-electron chi connectivity index (χ2n) is 5.61. The van der Waals surface area contributed by atoms with Gasteiger partial charge in [-0.15, -0.1) is 0 Å². The average molecular weight is 360 g/mol. The maximum Gasteiger partial charge on any atom is 0.279 e. The van der Waals surface area contributed by atoms with Crippen LogP contribution in [0.3, 0.4) is 0 Å². The molecule has 2 aromatic rings. The van der Waals surface area contributed by atoms with Gasteiger partial charge in [-0.2, -0.15) is 4.98 Å². The molecule has 130 valence electrons. The number of nitro groups is 1. The third-order valence-corrected chi connectivity index (χ3v) is 4.99. The Morgan fingerprint density at radius 2 is 2.04 bits per heavy atom. The summed E-state index contributed by atoms with van der Waals surface area (Å²) < 4.78 is 1.71. The van der Waals surface area contributed by atoms with Gasteiger partial charge >= 0.3 is 0 Å². The van der Waals surface area contributed by atoms with E-state index in [1.165, 1.54) is 23.9 Å². The van der Waals surface area contributed by atoms with Crippen LogP contribution in [-0.2, 0) is 11.8 Å². The molecule has 0 fully saturated rings. The Morgan fingerprint density at radius 3 is 2.64 bits per heavy atom. The van der Waals surface area contributed by atoms with Crippen molar-refractivity contribution in [2.24, 2.45) is 7.05 Å². The molecule has 2 heterocycles. The summed E-state index contributed by atoms with van der Waals surface area (Å²) >= 11 is 1.42. The molecule has 25 heavy (non-hydrogen) atoms. The normalized spacial score (nSPS) is 16.2. The number of anilines is 1. The number of non-ortho nitro benzene ring substituents is 1. The van der Waals surface area contributed by atoms with Crippen molar-refractivity contribution in [3.8, 4) is 0 Å². The van der Waals surface area contributed by atoms with E-state index in [-0.39, 0.29) is 23.6 Å². The molecule has 1 aliphatic heterocycles. The Bertz CT molecular complexity index is 908. The Labute approximate surface area is 147 Å². The van der Waals surface area contributed by atoms with Gasteiger partial charge in [0.15, 0.2) is 5.16 Å². The van der Waals surface area contributed by atoms with Crippen LogP contribution in [0.5, 0.6) is 0 Å². The summed E-state index contributed by atoms with van der Waals surface area (Å²) in [5.74, 6) is 0.509. The van der Waals surface area contributed by atoms with Crippen LogP contribution in [-0.4, -0.2) is 26.1 Å². The fourth-order valence-electron chi connectivity index (χ4n) is 2.91. The monoisotopic (exact) mass is 360 g/mol. The molecule has 1 amide bonds. The Morgan fingerprint density at radius 1 is 1.36 bits per heavy atom. The summed E-state index contributed by atoms with van der Waals surface area (Å²) in [4.78, 5) is 39.2. The molecule has 1 atom stereocenters. The Balaban J connectivity index is 2.13. The standard InChI is InChI=1S/C16H16N4O4S/c1-3-25-16-18-15(22)13-11(8-12(21)17-14(13)19(16)2)9-4-6-10(7-5-9)20(23)24/h4-7,11H,3,8H2,1-2H3,(H,17,21). The van der Waals surface area contributed by atoms with Gasteiger partial charge in [0.05, 0.1) is 10.5 Å². The first-order valence-corrected chi connectivity index (χ1v) is 8.68. The fraction of sp³-hybridized carbons (Fsp3) is 0.312. The highest BCUT2D eigenvalue weighted by Gasteiger charge is 2.32. The lowest BCUT2D eigenvalue weighted by atomic mass is 9.86. The average Bonchev–Trinajstić information content (AvgIpc) is 2.59. The Kier molecular flexibility index (Phi) is 4.58. The highest BCUT2D eigenvalue weighted by atomic mass is 32.2. The molecule has 0 saturated carbocycles. The zero-order chi connectivity index (χ0) is 18.1. The molecule has 1 aromatic heterocycles. The maximum atomic E-state index is 12.6. The topological polar surface area (TPSA) is 107 Å². The zero-order valence-corrected chi connectivity index (χ0v) is 14.5. The van der Waals surface area contributed by atoms with Crippen molar-refractivity contribution in [3.63, 3.8) is 0 Å². The van der Waals surface area contributed by atoms with Crippen LogP contribution in [0.25, 0.3) is 0 Å². The van der Waals surface area contributed by atoms with Gasteiger partial charge in [0.1, 0.15) is 5.82 Å². The van der Waals surface area contributed by atoms with Crippen molar-refractivity contribution in [3.05, 3.63) is 55.9 Å². The van der Waals surface area contributed by atoms with Crippen molar-refractivity contribution < 1.29 is 9.72 Å². The molecule has 3 rings (SSSR count). The number of benzene rings is 1. The van der Waals surface area contributed by atoms with Crippen LogP contribution >= 0.6 is 11.8 Å². The number of thioether (sulfide) groups is 1. The van der Waals surface area contributed by atoms with E-state index in [9.17, 15) is 19.7 Å². The number of hydrogen-bond acceptors (Lipinski definition) is 6. The minimum absolute atomic E-state index is 0.0371. The summed E-state index contributed by atoms with van der Waals surface area (Å²) in [5.41, 5.74) is 0.672. The number of amides is 1. The number of fused-ring (bicyclic) bond motifs is 1. The Hall–Kier alpha value is -2.68. The van der Waals surface area contributed by atoms with Gasteiger partial charge in [0.25, 0.3) is 11.2 Å². The van der Waals surface area contributed by atoms with Crippen LogP contribution in [0, 0.1) is 10.1 Å². The number of carbonyl (C=O) groups excluding carboxylic acids is 1. The fourth-order valence-corrected chi connectivity index (χ4v) is 3.60.